The first-order valence-corrected chi connectivity index (χ1v) is 6.31. The van der Waals surface area contributed by atoms with Crippen LogP contribution in [-0.2, 0) is 0 Å². The lowest BCUT2D eigenvalue weighted by molar-refractivity contribution is 0.0583. The maximum absolute atomic E-state index is 12.4. The van der Waals surface area contributed by atoms with Crippen LogP contribution in [0.25, 0.3) is 0 Å². The molecule has 1 aromatic carbocycles. The molecule has 1 fully saturated rings. The summed E-state index contributed by atoms with van der Waals surface area (Å²) in [6.45, 7) is 6.00. The highest BCUT2D eigenvalue weighted by molar-refractivity contribution is 5.94. The molecule has 0 spiro atoms. The van der Waals surface area contributed by atoms with Gasteiger partial charge in [-0.1, -0.05) is 19.9 Å². The second-order valence-electron chi connectivity index (χ2n) is 5.69. The van der Waals surface area contributed by atoms with Crippen LogP contribution < -0.4 is 0 Å². The third kappa shape index (κ3) is 2.70. The number of nitriles is 1. The minimum atomic E-state index is 0.0416. The Morgan fingerprint density at radius 1 is 1.44 bits per heavy atom. The fraction of sp³-hybridized carbons (Fsp3) is 0.467. The van der Waals surface area contributed by atoms with Crippen LogP contribution in [0.1, 0.15) is 42.6 Å². The predicted octanol–water partition coefficient (Wildman–Crippen LogP) is 2.82. The zero-order valence-corrected chi connectivity index (χ0v) is 10.9. The molecule has 1 amide bonds. The van der Waals surface area contributed by atoms with E-state index in [1.165, 1.54) is 0 Å². The van der Waals surface area contributed by atoms with Crippen LogP contribution in [0, 0.1) is 16.7 Å². The third-order valence-electron chi connectivity index (χ3n) is 3.43. The summed E-state index contributed by atoms with van der Waals surface area (Å²) in [7, 11) is 0. The fourth-order valence-corrected chi connectivity index (χ4v) is 2.50. The molecule has 0 unspecified atom stereocenters. The van der Waals surface area contributed by atoms with Crippen LogP contribution in [-0.4, -0.2) is 23.9 Å². The quantitative estimate of drug-likeness (QED) is 0.760. The van der Waals surface area contributed by atoms with Gasteiger partial charge in [0.15, 0.2) is 0 Å². The molecule has 1 saturated heterocycles. The second kappa shape index (κ2) is 4.81. The number of hydrogen-bond acceptors (Lipinski definition) is 2. The molecule has 0 bridgehead atoms. The minimum Gasteiger partial charge on any atom is -0.338 e. The number of benzene rings is 1. The van der Waals surface area contributed by atoms with Gasteiger partial charge in [-0.25, -0.2) is 0 Å². The molecular formula is C15H18N2O. The van der Waals surface area contributed by atoms with Crippen LogP contribution in [0.4, 0.5) is 0 Å². The highest BCUT2D eigenvalue weighted by Gasteiger charge is 2.29. The summed E-state index contributed by atoms with van der Waals surface area (Å²) in [5, 5.41) is 8.86. The third-order valence-corrected chi connectivity index (χ3v) is 3.43. The Morgan fingerprint density at radius 3 is 2.89 bits per heavy atom. The molecule has 0 aromatic heterocycles. The Balaban J connectivity index is 2.18. The van der Waals surface area contributed by atoms with E-state index in [0.717, 1.165) is 25.9 Å². The van der Waals surface area contributed by atoms with Gasteiger partial charge in [-0.15, -0.1) is 0 Å². The van der Waals surface area contributed by atoms with E-state index in [9.17, 15) is 4.79 Å². The molecule has 3 heteroatoms. The van der Waals surface area contributed by atoms with Gasteiger partial charge in [-0.05, 0) is 36.5 Å². The number of carbonyl (C=O) groups is 1. The fourth-order valence-electron chi connectivity index (χ4n) is 2.50. The van der Waals surface area contributed by atoms with Crippen molar-refractivity contribution in [3.63, 3.8) is 0 Å². The lowest BCUT2D eigenvalue weighted by atomic mass is 9.84. The number of hydrogen-bond donors (Lipinski definition) is 0. The monoisotopic (exact) mass is 242 g/mol. The first kappa shape index (κ1) is 12.6. The number of amides is 1. The normalized spacial score (nSPS) is 18.2. The van der Waals surface area contributed by atoms with Gasteiger partial charge in [0.05, 0.1) is 11.6 Å². The van der Waals surface area contributed by atoms with Crippen LogP contribution in [0.3, 0.4) is 0 Å². The molecular weight excluding hydrogens is 224 g/mol. The molecule has 2 rings (SSSR count). The second-order valence-corrected chi connectivity index (χ2v) is 5.69. The van der Waals surface area contributed by atoms with Crippen molar-refractivity contribution in [3.8, 4) is 6.07 Å². The Kier molecular flexibility index (Phi) is 3.38. The maximum atomic E-state index is 12.4. The highest BCUT2D eigenvalue weighted by atomic mass is 16.2. The Bertz CT molecular complexity index is 499. The van der Waals surface area contributed by atoms with Crippen molar-refractivity contribution in [1.29, 1.82) is 5.26 Å². The van der Waals surface area contributed by atoms with E-state index in [0.29, 0.717) is 11.1 Å². The maximum Gasteiger partial charge on any atom is 0.253 e. The molecule has 3 nitrogen and oxygen atoms in total. The number of carbonyl (C=O) groups excluding carboxylic acids is 1. The lowest BCUT2D eigenvalue weighted by Crippen LogP contribution is -2.43. The first-order valence-electron chi connectivity index (χ1n) is 6.31. The van der Waals surface area contributed by atoms with Gasteiger partial charge in [-0.2, -0.15) is 5.26 Å². The van der Waals surface area contributed by atoms with Gasteiger partial charge >= 0.3 is 0 Å². The molecule has 0 radical (unpaired) electrons. The molecule has 0 atom stereocenters. The van der Waals surface area contributed by atoms with Crippen LogP contribution in [0.2, 0.25) is 0 Å². The molecule has 1 aromatic rings. The summed E-state index contributed by atoms with van der Waals surface area (Å²) < 4.78 is 0. The summed E-state index contributed by atoms with van der Waals surface area (Å²) in [6, 6.07) is 9.01. The standard InChI is InChI=1S/C15H18N2O/c1-15(2)7-4-8-17(11-15)14(18)13-6-3-5-12(9-13)10-16/h3,5-6,9H,4,7-8,11H2,1-2H3. The molecule has 0 aliphatic carbocycles. The number of rotatable bonds is 1. The molecule has 1 heterocycles. The summed E-state index contributed by atoms with van der Waals surface area (Å²) in [6.07, 6.45) is 2.21. The number of nitrogens with zero attached hydrogens (tertiary/aromatic N) is 2. The topological polar surface area (TPSA) is 44.1 Å². The molecule has 0 N–H and O–H groups in total. The Hall–Kier alpha value is -1.82. The molecule has 0 saturated carbocycles. The minimum absolute atomic E-state index is 0.0416. The zero-order valence-electron chi connectivity index (χ0n) is 10.9. The molecule has 1 aliphatic heterocycles. The smallest absolute Gasteiger partial charge is 0.253 e. The zero-order chi connectivity index (χ0) is 13.2. The van der Waals surface area contributed by atoms with Crippen molar-refractivity contribution in [1.82, 2.24) is 4.90 Å². The molecule has 1 aliphatic rings. The van der Waals surface area contributed by atoms with Crippen LogP contribution in [0.15, 0.2) is 24.3 Å². The van der Waals surface area contributed by atoms with E-state index in [1.54, 1.807) is 24.3 Å². The number of piperidine rings is 1. The van der Waals surface area contributed by atoms with Gasteiger partial charge in [-0.3, -0.25) is 4.79 Å². The van der Waals surface area contributed by atoms with Crippen LogP contribution >= 0.6 is 0 Å². The summed E-state index contributed by atoms with van der Waals surface area (Å²) in [5.74, 6) is 0.0416. The lowest BCUT2D eigenvalue weighted by Gasteiger charge is -2.38. The van der Waals surface area contributed by atoms with E-state index >= 15 is 0 Å². The van der Waals surface area contributed by atoms with Crippen molar-refractivity contribution in [3.05, 3.63) is 35.4 Å². The average Bonchev–Trinajstić information content (AvgIpc) is 2.37. The van der Waals surface area contributed by atoms with Crippen molar-refractivity contribution in [2.75, 3.05) is 13.1 Å². The largest absolute Gasteiger partial charge is 0.338 e. The van der Waals surface area contributed by atoms with E-state index in [4.69, 9.17) is 5.26 Å². The van der Waals surface area contributed by atoms with Crippen molar-refractivity contribution in [2.24, 2.45) is 5.41 Å². The van der Waals surface area contributed by atoms with E-state index < -0.39 is 0 Å². The summed E-state index contributed by atoms with van der Waals surface area (Å²) in [4.78, 5) is 14.3. The van der Waals surface area contributed by atoms with Gasteiger partial charge in [0.25, 0.3) is 5.91 Å². The van der Waals surface area contributed by atoms with Gasteiger partial charge < -0.3 is 4.90 Å². The van der Waals surface area contributed by atoms with Gasteiger partial charge in [0.1, 0.15) is 0 Å². The Labute approximate surface area is 108 Å². The Morgan fingerprint density at radius 2 is 2.22 bits per heavy atom. The van der Waals surface area contributed by atoms with Gasteiger partial charge in [0, 0.05) is 18.7 Å². The van der Waals surface area contributed by atoms with E-state index in [2.05, 4.69) is 19.9 Å². The summed E-state index contributed by atoms with van der Waals surface area (Å²) >= 11 is 0. The molecule has 18 heavy (non-hydrogen) atoms. The van der Waals surface area contributed by atoms with Crippen molar-refractivity contribution >= 4 is 5.91 Å². The predicted molar refractivity (Wildman–Crippen MR) is 70.1 cm³/mol. The van der Waals surface area contributed by atoms with Crippen molar-refractivity contribution in [2.45, 2.75) is 26.7 Å². The first-order chi connectivity index (χ1) is 8.52. The number of likely N-dealkylation sites (tertiary alicyclic amines) is 1. The van der Waals surface area contributed by atoms with Gasteiger partial charge in [0.2, 0.25) is 0 Å². The van der Waals surface area contributed by atoms with E-state index in [1.807, 2.05) is 4.90 Å². The SMILES string of the molecule is CC1(C)CCCN(C(=O)c2cccc(C#N)c2)C1. The molecule has 94 valence electrons. The van der Waals surface area contributed by atoms with Crippen LogP contribution in [0.5, 0.6) is 0 Å². The average molecular weight is 242 g/mol. The van der Waals surface area contributed by atoms with E-state index in [-0.39, 0.29) is 11.3 Å². The van der Waals surface area contributed by atoms with Crippen molar-refractivity contribution < 1.29 is 4.79 Å². The highest BCUT2D eigenvalue weighted by Crippen LogP contribution is 2.29. The summed E-state index contributed by atoms with van der Waals surface area (Å²) in [5.41, 5.74) is 1.35.